The Hall–Kier alpha value is -3.29. The van der Waals surface area contributed by atoms with Crippen molar-refractivity contribution in [3.63, 3.8) is 0 Å². The van der Waals surface area contributed by atoms with Gasteiger partial charge < -0.3 is 15.2 Å². The van der Waals surface area contributed by atoms with Gasteiger partial charge in [-0.3, -0.25) is 0 Å². The molecule has 140 valence electrons. The Kier molecular flexibility index (Phi) is 5.44. The Morgan fingerprint density at radius 2 is 1.78 bits per heavy atom. The first-order valence-electron chi connectivity index (χ1n) is 8.34. The largest absolute Gasteiger partial charge is 0.334 e. The summed E-state index contributed by atoms with van der Waals surface area (Å²) >= 11 is 0. The molecule has 0 bridgehead atoms. The lowest BCUT2D eigenvalue weighted by molar-refractivity contribution is 0.251. The van der Waals surface area contributed by atoms with Gasteiger partial charge in [-0.2, -0.15) is 4.98 Å². The van der Waals surface area contributed by atoms with Crippen molar-refractivity contribution in [1.82, 2.24) is 15.5 Å². The molecule has 2 aromatic carbocycles. The van der Waals surface area contributed by atoms with Gasteiger partial charge in [-0.1, -0.05) is 19.0 Å². The summed E-state index contributed by atoms with van der Waals surface area (Å²) in [6.45, 7) is 3.94. The second kappa shape index (κ2) is 7.94. The summed E-state index contributed by atoms with van der Waals surface area (Å²) in [5.41, 5.74) is 1.61. The molecule has 2 amide bonds. The molecule has 0 saturated heterocycles. The van der Waals surface area contributed by atoms with E-state index in [4.69, 9.17) is 4.52 Å². The van der Waals surface area contributed by atoms with Crippen LogP contribution in [0.1, 0.15) is 31.2 Å². The van der Waals surface area contributed by atoms with E-state index in [1.807, 2.05) is 13.8 Å². The number of carbonyl (C=O) groups is 1. The Morgan fingerprint density at radius 1 is 1.11 bits per heavy atom. The topological polar surface area (TPSA) is 80.0 Å². The number of hydrogen-bond donors (Lipinski definition) is 2. The number of rotatable bonds is 5. The molecule has 3 rings (SSSR count). The Bertz CT molecular complexity index is 919. The monoisotopic (exact) mass is 372 g/mol. The van der Waals surface area contributed by atoms with Gasteiger partial charge in [0, 0.05) is 29.8 Å². The number of urea groups is 1. The van der Waals surface area contributed by atoms with Gasteiger partial charge in [-0.15, -0.1) is 0 Å². The second-order valence-electron chi connectivity index (χ2n) is 6.28. The number of benzene rings is 2. The van der Waals surface area contributed by atoms with Crippen LogP contribution in [0.2, 0.25) is 0 Å². The van der Waals surface area contributed by atoms with Crippen LogP contribution in [0.3, 0.4) is 0 Å². The highest BCUT2D eigenvalue weighted by atomic mass is 19.1. The first-order valence-corrected chi connectivity index (χ1v) is 8.34. The van der Waals surface area contributed by atoms with Crippen molar-refractivity contribution in [2.24, 2.45) is 0 Å². The molecule has 2 N–H and O–H groups in total. The SMILES string of the molecule is CC(C)c1noc(-c2ccc(NC(=O)NCc3cc(F)cc(F)c3)cc2)n1. The van der Waals surface area contributed by atoms with E-state index in [0.717, 1.165) is 23.8 Å². The molecule has 1 heterocycles. The summed E-state index contributed by atoms with van der Waals surface area (Å²) in [5.74, 6) is -0.184. The lowest BCUT2D eigenvalue weighted by Gasteiger charge is -2.08. The highest BCUT2D eigenvalue weighted by Crippen LogP contribution is 2.21. The summed E-state index contributed by atoms with van der Waals surface area (Å²) in [7, 11) is 0. The predicted molar refractivity (Wildman–Crippen MR) is 96.0 cm³/mol. The number of carbonyl (C=O) groups excluding carboxylic acids is 1. The molecule has 0 atom stereocenters. The lowest BCUT2D eigenvalue weighted by Crippen LogP contribution is -2.28. The van der Waals surface area contributed by atoms with Crippen LogP contribution in [-0.2, 0) is 6.54 Å². The van der Waals surface area contributed by atoms with E-state index in [1.165, 1.54) is 0 Å². The summed E-state index contributed by atoms with van der Waals surface area (Å²) in [6.07, 6.45) is 0. The van der Waals surface area contributed by atoms with Crippen LogP contribution in [0.25, 0.3) is 11.5 Å². The lowest BCUT2D eigenvalue weighted by atomic mass is 10.2. The Morgan fingerprint density at radius 3 is 2.37 bits per heavy atom. The molecule has 27 heavy (non-hydrogen) atoms. The van der Waals surface area contributed by atoms with Crippen molar-refractivity contribution in [3.05, 3.63) is 65.5 Å². The van der Waals surface area contributed by atoms with Crippen molar-refractivity contribution in [3.8, 4) is 11.5 Å². The summed E-state index contributed by atoms with van der Waals surface area (Å²) < 4.78 is 31.5. The molecule has 0 saturated carbocycles. The van der Waals surface area contributed by atoms with Crippen molar-refractivity contribution in [2.45, 2.75) is 26.3 Å². The molecular weight excluding hydrogens is 354 g/mol. The van der Waals surface area contributed by atoms with Gasteiger partial charge in [-0.05, 0) is 42.0 Å². The number of nitrogens with one attached hydrogen (secondary N) is 2. The van der Waals surface area contributed by atoms with Crippen LogP contribution in [0.5, 0.6) is 0 Å². The number of aromatic nitrogens is 2. The number of anilines is 1. The third kappa shape index (κ3) is 4.87. The third-order valence-corrected chi connectivity index (χ3v) is 3.72. The fourth-order valence-corrected chi connectivity index (χ4v) is 2.35. The maximum Gasteiger partial charge on any atom is 0.319 e. The zero-order valence-corrected chi connectivity index (χ0v) is 14.8. The van der Waals surface area contributed by atoms with Gasteiger partial charge in [-0.25, -0.2) is 13.6 Å². The van der Waals surface area contributed by atoms with Crippen LogP contribution < -0.4 is 10.6 Å². The molecule has 3 aromatic rings. The fraction of sp³-hybridized carbons (Fsp3) is 0.211. The molecular formula is C19H18F2N4O2. The van der Waals surface area contributed by atoms with Gasteiger partial charge in [0.1, 0.15) is 11.6 Å². The van der Waals surface area contributed by atoms with Crippen molar-refractivity contribution >= 4 is 11.7 Å². The number of halogens is 2. The fourth-order valence-electron chi connectivity index (χ4n) is 2.35. The van der Waals surface area contributed by atoms with Crippen LogP contribution in [0, 0.1) is 11.6 Å². The molecule has 0 aliphatic rings. The van der Waals surface area contributed by atoms with Crippen molar-refractivity contribution < 1.29 is 18.1 Å². The van der Waals surface area contributed by atoms with E-state index in [2.05, 4.69) is 20.8 Å². The highest BCUT2D eigenvalue weighted by Gasteiger charge is 2.11. The smallest absolute Gasteiger partial charge is 0.319 e. The van der Waals surface area contributed by atoms with E-state index >= 15 is 0 Å². The molecule has 0 unspecified atom stereocenters. The van der Waals surface area contributed by atoms with Gasteiger partial charge in [0.25, 0.3) is 5.89 Å². The Balaban J connectivity index is 1.58. The van der Waals surface area contributed by atoms with Gasteiger partial charge >= 0.3 is 6.03 Å². The van der Waals surface area contributed by atoms with Crippen LogP contribution in [-0.4, -0.2) is 16.2 Å². The predicted octanol–water partition coefficient (Wildman–Crippen LogP) is 4.46. The second-order valence-corrected chi connectivity index (χ2v) is 6.28. The van der Waals surface area contributed by atoms with Gasteiger partial charge in [0.05, 0.1) is 0 Å². The van der Waals surface area contributed by atoms with Crippen molar-refractivity contribution in [2.75, 3.05) is 5.32 Å². The number of amides is 2. The molecule has 0 aliphatic carbocycles. The van der Waals surface area contributed by atoms with E-state index in [9.17, 15) is 13.6 Å². The summed E-state index contributed by atoms with van der Waals surface area (Å²) in [6, 6.07) is 9.48. The summed E-state index contributed by atoms with van der Waals surface area (Å²) in [5, 5.41) is 9.09. The minimum atomic E-state index is -0.690. The van der Waals surface area contributed by atoms with Gasteiger partial charge in [0.2, 0.25) is 0 Å². The molecule has 0 spiro atoms. The van der Waals surface area contributed by atoms with E-state index in [0.29, 0.717) is 23.0 Å². The molecule has 1 aromatic heterocycles. The zero-order chi connectivity index (χ0) is 19.4. The number of hydrogen-bond acceptors (Lipinski definition) is 4. The maximum atomic E-state index is 13.1. The summed E-state index contributed by atoms with van der Waals surface area (Å²) in [4.78, 5) is 16.2. The quantitative estimate of drug-likeness (QED) is 0.693. The Labute approximate surface area is 154 Å². The first kappa shape index (κ1) is 18.5. The molecule has 0 radical (unpaired) electrons. The molecule has 8 heteroatoms. The minimum absolute atomic E-state index is 0.00143. The molecule has 6 nitrogen and oxygen atoms in total. The van der Waals surface area contributed by atoms with Gasteiger partial charge in [0.15, 0.2) is 5.82 Å². The molecule has 0 fully saturated rings. The van der Waals surface area contributed by atoms with E-state index < -0.39 is 17.7 Å². The van der Waals surface area contributed by atoms with Crippen molar-refractivity contribution in [1.29, 1.82) is 0 Å². The van der Waals surface area contributed by atoms with E-state index in [1.54, 1.807) is 24.3 Å². The standard InChI is InChI=1S/C19H18F2N4O2/c1-11(2)17-24-18(27-25-17)13-3-5-16(6-4-13)23-19(26)22-10-12-7-14(20)9-15(21)8-12/h3-9,11H,10H2,1-2H3,(H2,22,23,26). The van der Waals surface area contributed by atoms with Crippen LogP contribution >= 0.6 is 0 Å². The minimum Gasteiger partial charge on any atom is -0.334 e. The highest BCUT2D eigenvalue weighted by molar-refractivity contribution is 5.89. The normalized spacial score (nSPS) is 10.9. The average Bonchev–Trinajstić information content (AvgIpc) is 3.10. The third-order valence-electron chi connectivity index (χ3n) is 3.72. The first-order chi connectivity index (χ1) is 12.9. The molecule has 0 aliphatic heterocycles. The zero-order valence-electron chi connectivity index (χ0n) is 14.8. The maximum absolute atomic E-state index is 13.1. The average molecular weight is 372 g/mol. The number of nitrogens with zero attached hydrogens (tertiary/aromatic N) is 2. The van der Waals surface area contributed by atoms with Crippen LogP contribution in [0.4, 0.5) is 19.3 Å². The van der Waals surface area contributed by atoms with Crippen LogP contribution in [0.15, 0.2) is 47.0 Å². The van der Waals surface area contributed by atoms with E-state index in [-0.39, 0.29) is 12.5 Å².